The fourth-order valence-electron chi connectivity index (χ4n) is 4.65. The number of rotatable bonds is 6. The summed E-state index contributed by atoms with van der Waals surface area (Å²) in [5.74, 6) is 1.46. The van der Waals surface area contributed by atoms with Gasteiger partial charge in [-0.15, -0.1) is 11.3 Å². The van der Waals surface area contributed by atoms with Crippen LogP contribution in [0.3, 0.4) is 0 Å². The Labute approximate surface area is 198 Å². The molecule has 2 aromatic heterocycles. The number of likely N-dealkylation sites (tertiary alicyclic amines) is 1. The molecule has 0 spiro atoms. The largest absolute Gasteiger partial charge is 0.497 e. The lowest BCUT2D eigenvalue weighted by Crippen LogP contribution is -2.40. The quantitative estimate of drug-likeness (QED) is 0.553. The normalized spacial score (nSPS) is 19.0. The van der Waals surface area contributed by atoms with Crippen molar-refractivity contribution < 1.29 is 9.84 Å². The lowest BCUT2D eigenvalue weighted by atomic mass is 9.92. The highest BCUT2D eigenvalue weighted by atomic mass is 32.1. The minimum Gasteiger partial charge on any atom is -0.497 e. The zero-order valence-corrected chi connectivity index (χ0v) is 20.1. The molecule has 5 rings (SSSR count). The van der Waals surface area contributed by atoms with Crippen molar-refractivity contribution in [1.29, 1.82) is 0 Å². The maximum Gasteiger partial charge on any atom is 0.223 e. The van der Waals surface area contributed by atoms with Gasteiger partial charge >= 0.3 is 0 Å². The molecule has 2 N–H and O–H groups in total. The number of benzene rings is 1. The van der Waals surface area contributed by atoms with Crippen molar-refractivity contribution in [3.05, 3.63) is 41.5 Å². The number of hydrogen-bond donors (Lipinski definition) is 2. The lowest BCUT2D eigenvalue weighted by Gasteiger charge is -2.34. The maximum atomic E-state index is 11.5. The van der Waals surface area contributed by atoms with Crippen molar-refractivity contribution in [3.8, 4) is 27.6 Å². The van der Waals surface area contributed by atoms with E-state index < -0.39 is 5.60 Å². The number of nitrogens with one attached hydrogen (secondary N) is 1. The predicted octanol–water partition coefficient (Wildman–Crippen LogP) is 4.54. The Balaban J connectivity index is 1.54. The van der Waals surface area contributed by atoms with Gasteiger partial charge in [-0.1, -0.05) is 12.8 Å². The highest BCUT2D eigenvalue weighted by Crippen LogP contribution is 2.43. The Hall–Kier alpha value is -2.55. The van der Waals surface area contributed by atoms with Gasteiger partial charge in [0.2, 0.25) is 5.95 Å². The van der Waals surface area contributed by atoms with Crippen LogP contribution in [-0.2, 0) is 5.60 Å². The Morgan fingerprint density at radius 2 is 1.82 bits per heavy atom. The van der Waals surface area contributed by atoms with Crippen molar-refractivity contribution >= 4 is 17.3 Å². The van der Waals surface area contributed by atoms with Crippen molar-refractivity contribution in [2.45, 2.75) is 50.2 Å². The number of ether oxygens (including phenoxy) is 1. The van der Waals surface area contributed by atoms with Gasteiger partial charge in [-0.3, -0.25) is 0 Å². The number of nitrogens with zero attached hydrogens (tertiary/aromatic N) is 4. The number of aromatic nitrogens is 3. The van der Waals surface area contributed by atoms with Gasteiger partial charge in [0.05, 0.1) is 23.4 Å². The first kappa shape index (κ1) is 22.3. The summed E-state index contributed by atoms with van der Waals surface area (Å²) in [5.41, 5.74) is 1.75. The summed E-state index contributed by atoms with van der Waals surface area (Å²) < 4.78 is 5.33. The first-order valence-corrected chi connectivity index (χ1v) is 12.5. The molecule has 0 bridgehead atoms. The molecule has 2 fully saturated rings. The van der Waals surface area contributed by atoms with E-state index in [2.05, 4.69) is 22.2 Å². The molecule has 1 saturated carbocycles. The summed E-state index contributed by atoms with van der Waals surface area (Å²) in [6.07, 6.45) is 8.00. The summed E-state index contributed by atoms with van der Waals surface area (Å²) in [5, 5.41) is 15.7. The molecule has 1 aromatic carbocycles. The molecule has 1 aliphatic heterocycles. The first-order valence-electron chi connectivity index (χ1n) is 11.7. The van der Waals surface area contributed by atoms with Crippen LogP contribution in [0.2, 0.25) is 0 Å². The average Bonchev–Trinajstić information content (AvgIpc) is 3.52. The molecule has 174 valence electrons. The Morgan fingerprint density at radius 1 is 1.09 bits per heavy atom. The van der Waals surface area contributed by atoms with Crippen molar-refractivity contribution in [2.75, 3.05) is 32.6 Å². The monoisotopic (exact) mass is 465 g/mol. The predicted molar refractivity (Wildman–Crippen MR) is 132 cm³/mol. The van der Waals surface area contributed by atoms with Gasteiger partial charge in [-0.2, -0.15) is 0 Å². The zero-order valence-electron chi connectivity index (χ0n) is 19.3. The molecule has 0 amide bonds. The highest BCUT2D eigenvalue weighted by Gasteiger charge is 2.37. The summed E-state index contributed by atoms with van der Waals surface area (Å²) in [4.78, 5) is 17.5. The zero-order chi connectivity index (χ0) is 22.8. The number of thiazole rings is 1. The van der Waals surface area contributed by atoms with E-state index in [4.69, 9.17) is 14.7 Å². The number of methoxy groups -OCH3 is 1. The molecule has 3 aromatic rings. The van der Waals surface area contributed by atoms with E-state index in [0.717, 1.165) is 58.5 Å². The van der Waals surface area contributed by atoms with Gasteiger partial charge in [-0.25, -0.2) is 15.0 Å². The summed E-state index contributed by atoms with van der Waals surface area (Å²) in [7, 11) is 3.76. The molecule has 1 aliphatic carbocycles. The van der Waals surface area contributed by atoms with Gasteiger partial charge in [0.25, 0.3) is 0 Å². The van der Waals surface area contributed by atoms with Gasteiger partial charge in [0.1, 0.15) is 16.4 Å². The molecule has 2 aliphatic rings. The molecular weight excluding hydrogens is 434 g/mol. The van der Waals surface area contributed by atoms with Crippen LogP contribution < -0.4 is 10.1 Å². The van der Waals surface area contributed by atoms with Crippen LogP contribution >= 0.6 is 11.3 Å². The van der Waals surface area contributed by atoms with E-state index in [1.54, 1.807) is 24.6 Å². The molecule has 8 heteroatoms. The fourth-order valence-corrected chi connectivity index (χ4v) is 5.85. The molecular formula is C25H31N5O2S. The van der Waals surface area contributed by atoms with Gasteiger partial charge in [-0.05, 0) is 63.1 Å². The SMILES string of the molecule is COc1ccc(-c2nc(C3(O)CCN(C)CC3)sc2-c2ccnc(NC3CCCC3)n2)cc1. The Morgan fingerprint density at radius 3 is 2.52 bits per heavy atom. The second-order valence-corrected chi connectivity index (χ2v) is 10.2. The summed E-state index contributed by atoms with van der Waals surface area (Å²) in [6.45, 7) is 1.71. The minimum absolute atomic E-state index is 0.443. The molecule has 3 heterocycles. The molecule has 0 atom stereocenters. The molecule has 1 saturated heterocycles. The van der Waals surface area contributed by atoms with Crippen LogP contribution in [0.4, 0.5) is 5.95 Å². The number of hydrogen-bond acceptors (Lipinski definition) is 8. The van der Waals surface area contributed by atoms with Crippen LogP contribution in [0.1, 0.15) is 43.5 Å². The van der Waals surface area contributed by atoms with Crippen molar-refractivity contribution in [1.82, 2.24) is 19.9 Å². The lowest BCUT2D eigenvalue weighted by molar-refractivity contribution is -0.0203. The number of aliphatic hydroxyl groups is 1. The second-order valence-electron chi connectivity index (χ2n) is 9.15. The highest BCUT2D eigenvalue weighted by molar-refractivity contribution is 7.15. The molecule has 0 radical (unpaired) electrons. The smallest absolute Gasteiger partial charge is 0.223 e. The molecule has 33 heavy (non-hydrogen) atoms. The topological polar surface area (TPSA) is 83.4 Å². The first-order chi connectivity index (χ1) is 16.0. The summed E-state index contributed by atoms with van der Waals surface area (Å²) in [6, 6.07) is 10.3. The van der Waals surface area contributed by atoms with E-state index in [-0.39, 0.29) is 0 Å². The number of anilines is 1. The standard InChI is InChI=1S/C25H31N5O2S/c1-30-15-12-25(31,13-16-30)23-29-21(17-7-9-19(32-2)10-8-17)22(33-23)20-11-14-26-24(28-20)27-18-5-3-4-6-18/h7-11,14,18,31H,3-6,12-13,15-16H2,1-2H3,(H,26,27,28). The van der Waals surface area contributed by atoms with E-state index in [1.165, 1.54) is 12.8 Å². The second kappa shape index (κ2) is 9.37. The van der Waals surface area contributed by atoms with Crippen LogP contribution in [0.15, 0.2) is 36.5 Å². The van der Waals surface area contributed by atoms with E-state index in [0.29, 0.717) is 24.8 Å². The minimum atomic E-state index is -0.908. The van der Waals surface area contributed by atoms with Crippen molar-refractivity contribution in [2.24, 2.45) is 0 Å². The molecule has 0 unspecified atom stereocenters. The maximum absolute atomic E-state index is 11.5. The van der Waals surface area contributed by atoms with Crippen molar-refractivity contribution in [3.63, 3.8) is 0 Å². The van der Waals surface area contributed by atoms with Crippen LogP contribution in [-0.4, -0.2) is 58.2 Å². The fraction of sp³-hybridized carbons (Fsp3) is 0.480. The Bertz CT molecular complexity index is 1090. The van der Waals surface area contributed by atoms with E-state index in [1.807, 2.05) is 30.3 Å². The van der Waals surface area contributed by atoms with Crippen LogP contribution in [0.5, 0.6) is 5.75 Å². The average molecular weight is 466 g/mol. The molecule has 7 nitrogen and oxygen atoms in total. The van der Waals surface area contributed by atoms with Gasteiger partial charge < -0.3 is 20.1 Å². The van der Waals surface area contributed by atoms with Gasteiger partial charge in [0.15, 0.2) is 0 Å². The van der Waals surface area contributed by atoms with Crippen LogP contribution in [0.25, 0.3) is 21.8 Å². The van der Waals surface area contributed by atoms with Gasteiger partial charge in [0, 0.05) is 30.9 Å². The third-order valence-corrected chi connectivity index (χ3v) is 8.05. The van der Waals surface area contributed by atoms with E-state index in [9.17, 15) is 5.11 Å². The van der Waals surface area contributed by atoms with Crippen LogP contribution in [0, 0.1) is 0 Å². The van der Waals surface area contributed by atoms with E-state index >= 15 is 0 Å². The third-order valence-electron chi connectivity index (χ3n) is 6.78. The Kier molecular flexibility index (Phi) is 6.32. The summed E-state index contributed by atoms with van der Waals surface area (Å²) >= 11 is 1.55. The third kappa shape index (κ3) is 4.74. The number of piperidine rings is 1.